The first kappa shape index (κ1) is 26.1. The maximum atomic E-state index is 6.48. The number of para-hydroxylation sites is 1. The van der Waals surface area contributed by atoms with Gasteiger partial charge in [0.2, 0.25) is 0 Å². The molecular weight excluding hydrogens is 598 g/mol. The molecule has 0 radical (unpaired) electrons. The maximum absolute atomic E-state index is 6.48. The lowest BCUT2D eigenvalue weighted by atomic mass is 9.70. The molecule has 1 aromatic heterocycles. The zero-order valence-corrected chi connectivity index (χ0v) is 26.3. The van der Waals surface area contributed by atoms with Gasteiger partial charge in [-0.15, -0.1) is 11.3 Å². The number of fused-ring (bicyclic) bond motifs is 13. The van der Waals surface area contributed by atoms with Gasteiger partial charge in [0, 0.05) is 31.7 Å². The minimum atomic E-state index is -0.391. The highest BCUT2D eigenvalue weighted by Gasteiger charge is 2.52. The van der Waals surface area contributed by atoms with Crippen LogP contribution in [0.5, 0.6) is 0 Å². The highest BCUT2D eigenvalue weighted by atomic mass is 35.5. The predicted octanol–water partition coefficient (Wildman–Crippen LogP) is 12.5. The Bertz CT molecular complexity index is 2460. The van der Waals surface area contributed by atoms with Crippen molar-refractivity contribution in [2.24, 2.45) is 0 Å². The third-order valence-corrected chi connectivity index (χ3v) is 11.4. The van der Waals surface area contributed by atoms with Crippen LogP contribution in [-0.2, 0) is 5.41 Å². The van der Waals surface area contributed by atoms with E-state index in [1.165, 1.54) is 76.1 Å². The van der Waals surface area contributed by atoms with E-state index in [0.29, 0.717) is 0 Å². The molecule has 0 aliphatic heterocycles. The van der Waals surface area contributed by atoms with Crippen molar-refractivity contribution in [3.8, 4) is 22.3 Å². The fourth-order valence-electron chi connectivity index (χ4n) is 8.23. The van der Waals surface area contributed by atoms with E-state index in [0.717, 1.165) is 10.7 Å². The molecule has 3 heteroatoms. The van der Waals surface area contributed by atoms with Crippen molar-refractivity contribution in [1.29, 1.82) is 0 Å². The van der Waals surface area contributed by atoms with Crippen LogP contribution in [0.25, 0.3) is 42.4 Å². The van der Waals surface area contributed by atoms with Gasteiger partial charge in [0.25, 0.3) is 0 Å². The van der Waals surface area contributed by atoms with E-state index in [2.05, 4.69) is 157 Å². The lowest BCUT2D eigenvalue weighted by Crippen LogP contribution is -2.26. The number of nitrogens with zero attached hydrogens (tertiary/aromatic N) is 1. The van der Waals surface area contributed by atoms with E-state index >= 15 is 0 Å². The second kappa shape index (κ2) is 9.67. The van der Waals surface area contributed by atoms with Crippen LogP contribution in [0.4, 0.5) is 17.1 Å². The Morgan fingerprint density at radius 3 is 1.80 bits per heavy atom. The van der Waals surface area contributed by atoms with Crippen LogP contribution >= 0.6 is 22.9 Å². The Hall–Kier alpha value is -5.15. The summed E-state index contributed by atoms with van der Waals surface area (Å²) in [5, 5.41) is 3.25. The second-order valence-corrected chi connectivity index (χ2v) is 13.6. The predicted molar refractivity (Wildman–Crippen MR) is 195 cm³/mol. The Morgan fingerprint density at radius 2 is 1.07 bits per heavy atom. The first-order chi connectivity index (χ1) is 22.7. The zero-order valence-electron chi connectivity index (χ0n) is 24.7. The summed E-state index contributed by atoms with van der Waals surface area (Å²) < 4.78 is 2.45. The molecule has 0 saturated heterocycles. The van der Waals surface area contributed by atoms with Gasteiger partial charge in [-0.05, 0) is 75.3 Å². The molecular formula is C43H26ClNS. The highest BCUT2D eigenvalue weighted by molar-refractivity contribution is 7.26. The van der Waals surface area contributed by atoms with Crippen LogP contribution in [0.1, 0.15) is 22.3 Å². The molecule has 0 amide bonds. The van der Waals surface area contributed by atoms with E-state index in [9.17, 15) is 0 Å². The molecule has 1 nitrogen and oxygen atoms in total. The summed E-state index contributed by atoms with van der Waals surface area (Å²) in [7, 11) is 0. The minimum absolute atomic E-state index is 0.391. The molecule has 216 valence electrons. The minimum Gasteiger partial charge on any atom is -0.308 e. The smallest absolute Gasteiger partial charge is 0.0726 e. The van der Waals surface area contributed by atoms with Gasteiger partial charge < -0.3 is 4.90 Å². The Balaban J connectivity index is 1.32. The molecule has 0 unspecified atom stereocenters. The van der Waals surface area contributed by atoms with Gasteiger partial charge in [0.15, 0.2) is 0 Å². The van der Waals surface area contributed by atoms with Crippen LogP contribution < -0.4 is 4.90 Å². The maximum Gasteiger partial charge on any atom is 0.0726 e. The van der Waals surface area contributed by atoms with Crippen molar-refractivity contribution < 1.29 is 0 Å². The lowest BCUT2D eigenvalue weighted by Gasteiger charge is -2.32. The van der Waals surface area contributed by atoms with Gasteiger partial charge in [0.05, 0.1) is 21.5 Å². The summed E-state index contributed by atoms with van der Waals surface area (Å²) in [6.07, 6.45) is 0. The summed E-state index contributed by atoms with van der Waals surface area (Å²) in [6.45, 7) is 0. The highest BCUT2D eigenvalue weighted by Crippen LogP contribution is 2.64. The summed E-state index contributed by atoms with van der Waals surface area (Å²) in [5.41, 5.74) is 13.7. The van der Waals surface area contributed by atoms with Gasteiger partial charge >= 0.3 is 0 Å². The summed E-state index contributed by atoms with van der Waals surface area (Å²) in [6, 6.07) is 57.7. The molecule has 10 rings (SSSR count). The van der Waals surface area contributed by atoms with Crippen LogP contribution in [-0.4, -0.2) is 0 Å². The van der Waals surface area contributed by atoms with Crippen molar-refractivity contribution in [3.05, 3.63) is 185 Å². The van der Waals surface area contributed by atoms with Crippen molar-refractivity contribution in [1.82, 2.24) is 0 Å². The Kier molecular flexibility index (Phi) is 5.49. The SMILES string of the molecule is Clc1ccc2c(c1)sc1c(N(c3ccccc3)c3cccc4c3-c3ccccc3C43c4ccccc4-c4ccccc43)cccc12. The molecule has 8 aromatic rings. The van der Waals surface area contributed by atoms with Gasteiger partial charge in [0.1, 0.15) is 0 Å². The third kappa shape index (κ3) is 3.35. The normalized spacial score (nSPS) is 13.5. The quantitative estimate of drug-likeness (QED) is 0.189. The van der Waals surface area contributed by atoms with Gasteiger partial charge in [-0.1, -0.05) is 133 Å². The van der Waals surface area contributed by atoms with Gasteiger partial charge in [-0.25, -0.2) is 0 Å². The number of thiophene rings is 1. The van der Waals surface area contributed by atoms with Gasteiger partial charge in [-0.3, -0.25) is 0 Å². The molecule has 0 atom stereocenters. The zero-order chi connectivity index (χ0) is 30.4. The second-order valence-electron chi connectivity index (χ2n) is 12.2. The monoisotopic (exact) mass is 623 g/mol. The number of benzene rings is 7. The third-order valence-electron chi connectivity index (χ3n) is 9.94. The van der Waals surface area contributed by atoms with E-state index < -0.39 is 5.41 Å². The molecule has 46 heavy (non-hydrogen) atoms. The van der Waals surface area contributed by atoms with Crippen LogP contribution in [0.2, 0.25) is 5.02 Å². The van der Waals surface area contributed by atoms with Crippen LogP contribution in [0.3, 0.4) is 0 Å². The molecule has 0 bridgehead atoms. The molecule has 1 heterocycles. The van der Waals surface area contributed by atoms with Crippen molar-refractivity contribution in [2.45, 2.75) is 5.41 Å². The largest absolute Gasteiger partial charge is 0.308 e. The molecule has 0 N–H and O–H groups in total. The number of hydrogen-bond donors (Lipinski definition) is 0. The van der Waals surface area contributed by atoms with E-state index in [1.54, 1.807) is 0 Å². The number of halogens is 1. The van der Waals surface area contributed by atoms with Crippen LogP contribution in [0, 0.1) is 0 Å². The molecule has 2 aliphatic carbocycles. The average molecular weight is 624 g/mol. The number of anilines is 3. The fourth-order valence-corrected chi connectivity index (χ4v) is 9.71. The van der Waals surface area contributed by atoms with Crippen molar-refractivity contribution in [2.75, 3.05) is 4.90 Å². The van der Waals surface area contributed by atoms with Crippen molar-refractivity contribution >= 4 is 60.2 Å². The fraction of sp³-hybridized carbons (Fsp3) is 0.0233. The van der Waals surface area contributed by atoms with Gasteiger partial charge in [-0.2, -0.15) is 0 Å². The lowest BCUT2D eigenvalue weighted by molar-refractivity contribution is 0.794. The molecule has 7 aromatic carbocycles. The van der Waals surface area contributed by atoms with E-state index in [4.69, 9.17) is 11.6 Å². The van der Waals surface area contributed by atoms with E-state index in [1.807, 2.05) is 17.4 Å². The first-order valence-electron chi connectivity index (χ1n) is 15.6. The standard InChI is InChI=1S/C43H26ClNS/c44-27-24-25-31-32-17-10-23-39(42(32)46-40(31)26-27)45(28-12-2-1-3-13-28)38-22-11-21-37-41(38)33-16-6-9-20-36(33)43(37)34-18-7-4-14-29(34)30-15-5-8-19-35(30)43/h1-26H. The first-order valence-corrected chi connectivity index (χ1v) is 16.8. The summed E-state index contributed by atoms with van der Waals surface area (Å²) in [4.78, 5) is 2.47. The Morgan fingerprint density at radius 1 is 0.478 bits per heavy atom. The summed E-state index contributed by atoms with van der Waals surface area (Å²) in [5.74, 6) is 0. The molecule has 0 saturated carbocycles. The average Bonchev–Trinajstić information content (AvgIpc) is 3.73. The van der Waals surface area contributed by atoms with Crippen LogP contribution in [0.15, 0.2) is 158 Å². The Labute approximate surface area is 276 Å². The van der Waals surface area contributed by atoms with Crippen molar-refractivity contribution in [3.63, 3.8) is 0 Å². The molecule has 2 aliphatic rings. The molecule has 0 fully saturated rings. The number of rotatable bonds is 3. The topological polar surface area (TPSA) is 3.24 Å². The van der Waals surface area contributed by atoms with E-state index in [-0.39, 0.29) is 0 Å². The number of hydrogen-bond acceptors (Lipinski definition) is 2. The summed E-state index contributed by atoms with van der Waals surface area (Å²) >= 11 is 8.29. The molecule has 1 spiro atoms.